The van der Waals surface area contributed by atoms with Crippen LogP contribution in [0.15, 0.2) is 54.2 Å². The molecule has 2 aromatic rings. The Labute approximate surface area is 176 Å². The normalized spacial score (nSPS) is 14.3. The molecule has 2 aromatic carbocycles. The number of amides is 2. The van der Waals surface area contributed by atoms with Crippen molar-refractivity contribution in [2.24, 2.45) is 0 Å². The van der Waals surface area contributed by atoms with Crippen LogP contribution >= 0.6 is 0 Å². The number of halogens is 3. The van der Waals surface area contributed by atoms with Crippen molar-refractivity contribution in [3.63, 3.8) is 0 Å². The van der Waals surface area contributed by atoms with Gasteiger partial charge in [0.05, 0.1) is 25.8 Å². The number of ether oxygens (including phenoxy) is 3. The van der Waals surface area contributed by atoms with E-state index in [-0.39, 0.29) is 24.4 Å². The summed E-state index contributed by atoms with van der Waals surface area (Å²) in [4.78, 5) is 27.1. The van der Waals surface area contributed by atoms with Crippen LogP contribution in [0.3, 0.4) is 0 Å². The highest BCUT2D eigenvalue weighted by Crippen LogP contribution is 2.35. The smallest absolute Gasteiger partial charge is 0.496 e. The molecule has 0 spiro atoms. The average molecular weight is 436 g/mol. The van der Waals surface area contributed by atoms with Crippen LogP contribution in [0.5, 0.6) is 11.5 Å². The second-order valence-corrected chi connectivity index (χ2v) is 6.40. The molecule has 31 heavy (non-hydrogen) atoms. The molecule has 1 aliphatic rings. The van der Waals surface area contributed by atoms with Gasteiger partial charge in [0, 0.05) is 18.4 Å². The lowest BCUT2D eigenvalue weighted by Crippen LogP contribution is -2.35. The first-order valence-electron chi connectivity index (χ1n) is 9.10. The number of benzene rings is 2. The average Bonchev–Trinajstić information content (AvgIpc) is 2.96. The molecule has 0 aliphatic carbocycles. The zero-order chi connectivity index (χ0) is 22.6. The molecule has 1 aliphatic heterocycles. The maximum absolute atomic E-state index is 13.1. The molecule has 0 bridgehead atoms. The molecule has 0 unspecified atom stereocenters. The first kappa shape index (κ1) is 22.2. The van der Waals surface area contributed by atoms with Crippen molar-refractivity contribution in [1.29, 1.82) is 0 Å². The molecule has 7 nitrogen and oxygen atoms in total. The van der Waals surface area contributed by atoms with Crippen LogP contribution in [-0.2, 0) is 14.3 Å². The van der Waals surface area contributed by atoms with E-state index in [0.717, 1.165) is 17.0 Å². The van der Waals surface area contributed by atoms with Crippen LogP contribution in [0, 0.1) is 0 Å². The summed E-state index contributed by atoms with van der Waals surface area (Å²) in [7, 11) is 2.89. The van der Waals surface area contributed by atoms with E-state index in [4.69, 9.17) is 9.47 Å². The molecule has 3 rings (SSSR count). The van der Waals surface area contributed by atoms with Crippen LogP contribution in [0.2, 0.25) is 0 Å². The van der Waals surface area contributed by atoms with Gasteiger partial charge in [-0.05, 0) is 30.3 Å². The number of carbonyl (C=O) groups is 2. The van der Waals surface area contributed by atoms with Crippen LogP contribution in [0.25, 0.3) is 5.57 Å². The molecule has 0 radical (unpaired) electrons. The minimum Gasteiger partial charge on any atom is -0.496 e. The number of rotatable bonds is 8. The Bertz CT molecular complexity index is 1000. The fourth-order valence-electron chi connectivity index (χ4n) is 3.06. The van der Waals surface area contributed by atoms with Gasteiger partial charge in [-0.2, -0.15) is 0 Å². The molecule has 10 heteroatoms. The Morgan fingerprint density at radius 1 is 0.968 bits per heavy atom. The lowest BCUT2D eigenvalue weighted by Gasteiger charge is -2.14. The van der Waals surface area contributed by atoms with Gasteiger partial charge in [0.15, 0.2) is 0 Å². The standard InChI is InChI=1S/C21H19F3N2O5/c1-29-12-11-26-19(27)17(15-5-3-4-6-16(15)30-2)18(20(26)28)25-13-7-9-14(10-8-13)31-21(22,23)24/h3-10,25H,11-12H2,1-2H3. The van der Waals surface area contributed by atoms with Gasteiger partial charge in [0.25, 0.3) is 11.8 Å². The Morgan fingerprint density at radius 3 is 2.26 bits per heavy atom. The first-order chi connectivity index (χ1) is 14.7. The van der Waals surface area contributed by atoms with Crippen molar-refractivity contribution >= 4 is 23.1 Å². The van der Waals surface area contributed by atoms with Gasteiger partial charge < -0.3 is 19.5 Å². The number of imide groups is 1. The number of nitrogens with one attached hydrogen (secondary N) is 1. The Hall–Kier alpha value is -3.53. The molecule has 2 amide bonds. The summed E-state index contributed by atoms with van der Waals surface area (Å²) in [6, 6.07) is 11.5. The van der Waals surface area contributed by atoms with E-state index in [1.165, 1.54) is 26.4 Å². The predicted molar refractivity (Wildman–Crippen MR) is 105 cm³/mol. The molecule has 0 atom stereocenters. The number of nitrogens with zero attached hydrogens (tertiary/aromatic N) is 1. The van der Waals surface area contributed by atoms with Gasteiger partial charge in [-0.15, -0.1) is 13.2 Å². The number of anilines is 1. The second-order valence-electron chi connectivity index (χ2n) is 6.40. The van der Waals surface area contributed by atoms with Crippen molar-refractivity contribution in [2.75, 3.05) is 32.7 Å². The van der Waals surface area contributed by atoms with Crippen molar-refractivity contribution < 1.29 is 37.0 Å². The third-order valence-electron chi connectivity index (χ3n) is 4.42. The minimum atomic E-state index is -4.82. The second kappa shape index (κ2) is 9.09. The van der Waals surface area contributed by atoms with E-state index in [1.807, 2.05) is 0 Å². The summed E-state index contributed by atoms with van der Waals surface area (Å²) >= 11 is 0. The van der Waals surface area contributed by atoms with Gasteiger partial charge in [-0.25, -0.2) is 0 Å². The monoisotopic (exact) mass is 436 g/mol. The zero-order valence-corrected chi connectivity index (χ0v) is 16.7. The summed E-state index contributed by atoms with van der Waals surface area (Å²) in [6.07, 6.45) is -4.82. The van der Waals surface area contributed by atoms with E-state index in [9.17, 15) is 22.8 Å². The van der Waals surface area contributed by atoms with Gasteiger partial charge in [0.1, 0.15) is 17.2 Å². The number of methoxy groups -OCH3 is 2. The molecule has 0 fully saturated rings. The summed E-state index contributed by atoms with van der Waals surface area (Å²) < 4.78 is 51.2. The fraction of sp³-hybridized carbons (Fsp3) is 0.238. The van der Waals surface area contributed by atoms with Gasteiger partial charge in [0.2, 0.25) is 0 Å². The van der Waals surface area contributed by atoms with Crippen LogP contribution in [0.1, 0.15) is 5.56 Å². The molecule has 164 valence electrons. The van der Waals surface area contributed by atoms with Gasteiger partial charge in [-0.3, -0.25) is 14.5 Å². The highest BCUT2D eigenvalue weighted by atomic mass is 19.4. The lowest BCUT2D eigenvalue weighted by molar-refractivity contribution is -0.274. The van der Waals surface area contributed by atoms with Crippen molar-refractivity contribution in [1.82, 2.24) is 4.90 Å². The Morgan fingerprint density at radius 2 is 1.65 bits per heavy atom. The van der Waals surface area contributed by atoms with Gasteiger partial charge in [-0.1, -0.05) is 18.2 Å². The quantitative estimate of drug-likeness (QED) is 0.639. The number of para-hydroxylation sites is 1. The molecular formula is C21H19F3N2O5. The van der Waals surface area contributed by atoms with E-state index in [1.54, 1.807) is 24.3 Å². The van der Waals surface area contributed by atoms with Crippen molar-refractivity contribution in [3.05, 3.63) is 59.8 Å². The SMILES string of the molecule is COCCN1C(=O)C(Nc2ccc(OC(F)(F)F)cc2)=C(c2ccccc2OC)C1=O. The fourth-order valence-corrected chi connectivity index (χ4v) is 3.06. The molecular weight excluding hydrogens is 417 g/mol. The van der Waals surface area contributed by atoms with Crippen LogP contribution in [-0.4, -0.2) is 50.4 Å². The summed E-state index contributed by atoms with van der Waals surface area (Å²) in [5, 5.41) is 2.85. The number of hydrogen-bond acceptors (Lipinski definition) is 6. The Kier molecular flexibility index (Phi) is 6.50. The number of hydrogen-bond donors (Lipinski definition) is 1. The zero-order valence-electron chi connectivity index (χ0n) is 16.7. The van der Waals surface area contributed by atoms with Gasteiger partial charge >= 0.3 is 6.36 Å². The summed E-state index contributed by atoms with van der Waals surface area (Å²) in [5.74, 6) is -1.14. The third-order valence-corrected chi connectivity index (χ3v) is 4.42. The third kappa shape index (κ3) is 4.97. The highest BCUT2D eigenvalue weighted by Gasteiger charge is 2.40. The van der Waals surface area contributed by atoms with Crippen molar-refractivity contribution in [2.45, 2.75) is 6.36 Å². The highest BCUT2D eigenvalue weighted by molar-refractivity contribution is 6.37. The maximum Gasteiger partial charge on any atom is 0.573 e. The molecule has 0 saturated carbocycles. The first-order valence-corrected chi connectivity index (χ1v) is 9.10. The summed E-state index contributed by atoms with van der Waals surface area (Å²) in [5.41, 5.74) is 0.777. The van der Waals surface area contributed by atoms with Crippen molar-refractivity contribution in [3.8, 4) is 11.5 Å². The van der Waals surface area contributed by atoms with E-state index >= 15 is 0 Å². The lowest BCUT2D eigenvalue weighted by atomic mass is 10.0. The van der Waals surface area contributed by atoms with Crippen LogP contribution < -0.4 is 14.8 Å². The van der Waals surface area contributed by atoms with E-state index in [0.29, 0.717) is 17.0 Å². The van der Waals surface area contributed by atoms with E-state index < -0.39 is 23.9 Å². The summed E-state index contributed by atoms with van der Waals surface area (Å²) in [6.45, 7) is 0.184. The number of alkyl halides is 3. The largest absolute Gasteiger partial charge is 0.573 e. The van der Waals surface area contributed by atoms with E-state index in [2.05, 4.69) is 10.1 Å². The molecule has 0 aromatic heterocycles. The minimum absolute atomic E-state index is 0.0184. The maximum atomic E-state index is 13.1. The Balaban J connectivity index is 1.98. The molecule has 1 N–H and O–H groups in total. The number of carbonyl (C=O) groups excluding carboxylic acids is 2. The molecule has 0 saturated heterocycles. The molecule has 1 heterocycles. The van der Waals surface area contributed by atoms with Crippen LogP contribution in [0.4, 0.5) is 18.9 Å². The predicted octanol–water partition coefficient (Wildman–Crippen LogP) is 3.43. The topological polar surface area (TPSA) is 77.1 Å².